The minimum absolute atomic E-state index is 0.141. The third kappa shape index (κ3) is 3.48. The van der Waals surface area contributed by atoms with E-state index in [0.29, 0.717) is 17.8 Å². The topological polar surface area (TPSA) is 53.6 Å². The number of carbonyl (C=O) groups is 1. The van der Waals surface area contributed by atoms with Gasteiger partial charge in [0.05, 0.1) is 12.7 Å². The molecule has 3 atom stereocenters. The molecule has 2 saturated heterocycles. The van der Waals surface area contributed by atoms with Crippen molar-refractivity contribution >= 4 is 11.7 Å². The highest BCUT2D eigenvalue weighted by atomic mass is 19.1. The molecule has 2 heterocycles. The number of amides is 2. The van der Waals surface area contributed by atoms with Crippen molar-refractivity contribution in [2.24, 2.45) is 5.92 Å². The van der Waals surface area contributed by atoms with E-state index in [0.717, 1.165) is 32.0 Å². The molecule has 1 aromatic rings. The molecule has 1 aliphatic carbocycles. The number of hydrogen-bond donors (Lipinski definition) is 2. The Morgan fingerprint density at radius 1 is 1.22 bits per heavy atom. The van der Waals surface area contributed by atoms with Gasteiger partial charge in [0.1, 0.15) is 5.82 Å². The van der Waals surface area contributed by atoms with Crippen LogP contribution < -0.4 is 10.6 Å². The van der Waals surface area contributed by atoms with Crippen molar-refractivity contribution < 1.29 is 13.9 Å². The van der Waals surface area contributed by atoms with E-state index < -0.39 is 0 Å². The number of carbonyl (C=O) groups excluding carboxylic acids is 1. The lowest BCUT2D eigenvalue weighted by Crippen LogP contribution is -2.47. The van der Waals surface area contributed by atoms with E-state index in [1.165, 1.54) is 25.0 Å². The molecule has 5 nitrogen and oxygen atoms in total. The van der Waals surface area contributed by atoms with Gasteiger partial charge in [0.25, 0.3) is 0 Å². The minimum Gasteiger partial charge on any atom is -0.375 e. The molecule has 0 unspecified atom stereocenters. The Morgan fingerprint density at radius 2 is 2.00 bits per heavy atom. The molecule has 4 rings (SSSR count). The number of nitrogens with zero attached hydrogens (tertiary/aromatic N) is 1. The van der Waals surface area contributed by atoms with Gasteiger partial charge >= 0.3 is 6.03 Å². The summed E-state index contributed by atoms with van der Waals surface area (Å²) in [6.07, 6.45) is 3.91. The van der Waals surface area contributed by atoms with Gasteiger partial charge in [-0.15, -0.1) is 0 Å². The Balaban J connectivity index is 1.28. The molecule has 1 saturated carbocycles. The Kier molecular flexibility index (Phi) is 3.95. The summed E-state index contributed by atoms with van der Waals surface area (Å²) in [5.41, 5.74) is 0.594. The molecule has 124 valence electrons. The zero-order valence-corrected chi connectivity index (χ0v) is 13.0. The van der Waals surface area contributed by atoms with Crippen molar-refractivity contribution in [2.45, 2.75) is 37.5 Å². The highest BCUT2D eigenvalue weighted by molar-refractivity contribution is 5.89. The van der Waals surface area contributed by atoms with Gasteiger partial charge in [-0.05, 0) is 49.4 Å². The Morgan fingerprint density at radius 3 is 2.74 bits per heavy atom. The molecule has 0 bridgehead atoms. The fraction of sp³-hybridized carbons (Fsp3) is 0.588. The van der Waals surface area contributed by atoms with Crippen molar-refractivity contribution in [3.05, 3.63) is 30.1 Å². The Labute approximate surface area is 135 Å². The van der Waals surface area contributed by atoms with E-state index in [1.807, 2.05) is 0 Å². The van der Waals surface area contributed by atoms with Crippen LogP contribution in [0.15, 0.2) is 24.3 Å². The summed E-state index contributed by atoms with van der Waals surface area (Å²) in [5, 5.41) is 5.76. The first-order valence-electron chi connectivity index (χ1n) is 8.36. The largest absolute Gasteiger partial charge is 0.375 e. The van der Waals surface area contributed by atoms with Crippen LogP contribution in [-0.4, -0.2) is 48.8 Å². The maximum atomic E-state index is 12.9. The third-order valence-electron chi connectivity index (χ3n) is 5.03. The minimum atomic E-state index is -0.311. The number of urea groups is 1. The van der Waals surface area contributed by atoms with Crippen LogP contribution >= 0.6 is 0 Å². The van der Waals surface area contributed by atoms with Gasteiger partial charge in [-0.2, -0.15) is 0 Å². The number of ether oxygens (including phenoxy) is 1. The van der Waals surface area contributed by atoms with Crippen LogP contribution in [-0.2, 0) is 4.74 Å². The first-order valence-corrected chi connectivity index (χ1v) is 8.36. The summed E-state index contributed by atoms with van der Waals surface area (Å²) in [6, 6.07) is 6.10. The van der Waals surface area contributed by atoms with Gasteiger partial charge in [0, 0.05) is 30.9 Å². The molecule has 2 N–H and O–H groups in total. The number of nitrogens with one attached hydrogen (secondary N) is 2. The number of anilines is 1. The second kappa shape index (κ2) is 6.09. The van der Waals surface area contributed by atoms with E-state index in [2.05, 4.69) is 15.5 Å². The summed E-state index contributed by atoms with van der Waals surface area (Å²) < 4.78 is 18.8. The lowest BCUT2D eigenvalue weighted by atomic mass is 10.1. The summed E-state index contributed by atoms with van der Waals surface area (Å²) >= 11 is 0. The van der Waals surface area contributed by atoms with Crippen molar-refractivity contribution in [1.82, 2.24) is 10.2 Å². The lowest BCUT2D eigenvalue weighted by molar-refractivity contribution is -0.0581. The molecule has 3 fully saturated rings. The third-order valence-corrected chi connectivity index (χ3v) is 5.03. The molecular formula is C17H22FN3O2. The fourth-order valence-electron chi connectivity index (χ4n) is 3.64. The zero-order valence-electron chi connectivity index (χ0n) is 13.0. The quantitative estimate of drug-likeness (QED) is 0.898. The van der Waals surface area contributed by atoms with Gasteiger partial charge in [-0.1, -0.05) is 0 Å². The zero-order chi connectivity index (χ0) is 15.8. The summed E-state index contributed by atoms with van der Waals surface area (Å²) in [7, 11) is 0. The highest BCUT2D eigenvalue weighted by Gasteiger charge is 2.42. The SMILES string of the molecule is O=C(Nc1ccc(F)cc1)N[C@H]1C[C@H]2CO[C@@H](C3CC3)CN2C1. The van der Waals surface area contributed by atoms with Crippen molar-refractivity contribution in [2.75, 3.05) is 25.0 Å². The maximum absolute atomic E-state index is 12.9. The second-order valence-corrected chi connectivity index (χ2v) is 6.85. The lowest BCUT2D eigenvalue weighted by Gasteiger charge is -2.35. The predicted molar refractivity (Wildman–Crippen MR) is 84.8 cm³/mol. The average Bonchev–Trinajstić information content (AvgIpc) is 3.30. The van der Waals surface area contributed by atoms with Gasteiger partial charge < -0.3 is 15.4 Å². The molecule has 0 radical (unpaired) electrons. The maximum Gasteiger partial charge on any atom is 0.319 e. The smallest absolute Gasteiger partial charge is 0.319 e. The summed E-state index contributed by atoms with van der Waals surface area (Å²) in [5.74, 6) is 0.443. The molecule has 0 aromatic heterocycles. The number of halogens is 1. The normalized spacial score (nSPS) is 30.7. The summed E-state index contributed by atoms with van der Waals surface area (Å²) in [4.78, 5) is 14.5. The Bertz CT molecular complexity index is 576. The van der Waals surface area contributed by atoms with Crippen LogP contribution in [0.4, 0.5) is 14.9 Å². The number of benzene rings is 1. The van der Waals surface area contributed by atoms with E-state index in [-0.39, 0.29) is 17.9 Å². The molecule has 2 aliphatic heterocycles. The molecule has 6 heteroatoms. The number of fused-ring (bicyclic) bond motifs is 1. The van der Waals surface area contributed by atoms with Gasteiger partial charge in [-0.25, -0.2) is 9.18 Å². The van der Waals surface area contributed by atoms with Crippen molar-refractivity contribution in [3.63, 3.8) is 0 Å². The molecule has 1 aromatic carbocycles. The Hall–Kier alpha value is -1.66. The number of hydrogen-bond acceptors (Lipinski definition) is 3. The van der Waals surface area contributed by atoms with E-state index in [9.17, 15) is 9.18 Å². The monoisotopic (exact) mass is 319 g/mol. The van der Waals surface area contributed by atoms with Gasteiger partial charge in [0.2, 0.25) is 0 Å². The summed E-state index contributed by atoms with van der Waals surface area (Å²) in [6.45, 7) is 2.65. The van der Waals surface area contributed by atoms with E-state index in [4.69, 9.17) is 4.74 Å². The van der Waals surface area contributed by atoms with E-state index in [1.54, 1.807) is 12.1 Å². The number of morpholine rings is 1. The van der Waals surface area contributed by atoms with Gasteiger partial charge in [-0.3, -0.25) is 4.90 Å². The fourth-order valence-corrected chi connectivity index (χ4v) is 3.64. The first kappa shape index (κ1) is 14.9. The van der Waals surface area contributed by atoms with Crippen molar-refractivity contribution in [1.29, 1.82) is 0 Å². The van der Waals surface area contributed by atoms with E-state index >= 15 is 0 Å². The molecule has 2 amide bonds. The first-order chi connectivity index (χ1) is 11.2. The standard InChI is InChI=1S/C17H22FN3O2/c18-12-3-5-13(6-4-12)19-17(22)20-14-7-15-10-23-16(11-1-2-11)9-21(15)8-14/h3-6,11,14-16H,1-2,7-10H2,(H2,19,20,22)/t14-,15-,16+/m0/s1. The molecule has 3 aliphatic rings. The van der Waals surface area contributed by atoms with Crippen LogP contribution in [0, 0.1) is 11.7 Å². The second-order valence-electron chi connectivity index (χ2n) is 6.85. The predicted octanol–water partition coefficient (Wildman–Crippen LogP) is 2.20. The average molecular weight is 319 g/mol. The van der Waals surface area contributed by atoms with Gasteiger partial charge in [0.15, 0.2) is 0 Å². The van der Waals surface area contributed by atoms with Crippen LogP contribution in [0.3, 0.4) is 0 Å². The van der Waals surface area contributed by atoms with Crippen LogP contribution in [0.5, 0.6) is 0 Å². The molecule has 23 heavy (non-hydrogen) atoms. The van der Waals surface area contributed by atoms with Crippen LogP contribution in [0.2, 0.25) is 0 Å². The van der Waals surface area contributed by atoms with Crippen molar-refractivity contribution in [3.8, 4) is 0 Å². The molecular weight excluding hydrogens is 297 g/mol. The number of rotatable bonds is 3. The highest BCUT2D eigenvalue weighted by Crippen LogP contribution is 2.37. The van der Waals surface area contributed by atoms with Crippen LogP contribution in [0.25, 0.3) is 0 Å². The molecule has 0 spiro atoms. The van der Waals surface area contributed by atoms with Crippen LogP contribution in [0.1, 0.15) is 19.3 Å².